The van der Waals surface area contributed by atoms with Gasteiger partial charge in [-0.1, -0.05) is 25.8 Å². The Hall–Kier alpha value is -1.19. The van der Waals surface area contributed by atoms with Crippen molar-refractivity contribution < 1.29 is 17.9 Å². The van der Waals surface area contributed by atoms with Gasteiger partial charge in [-0.25, -0.2) is 8.78 Å². The maximum atomic E-state index is 15.0. The van der Waals surface area contributed by atoms with E-state index < -0.39 is 23.7 Å². The van der Waals surface area contributed by atoms with E-state index in [9.17, 15) is 13.2 Å². The molecular formula is C21H29F3O. The summed E-state index contributed by atoms with van der Waals surface area (Å²) in [5, 5.41) is 0. The lowest BCUT2D eigenvalue weighted by atomic mass is 9.87. The molecule has 2 aliphatic rings. The molecule has 3 rings (SSSR count). The number of hydrogen-bond donors (Lipinski definition) is 0. The summed E-state index contributed by atoms with van der Waals surface area (Å²) in [6.45, 7) is 4.19. The number of halogens is 3. The molecule has 0 aromatic heterocycles. The van der Waals surface area contributed by atoms with Crippen molar-refractivity contribution in [1.82, 2.24) is 0 Å². The molecule has 1 nitrogen and oxygen atoms in total. The Morgan fingerprint density at radius 1 is 1.00 bits per heavy atom. The molecule has 0 aliphatic heterocycles. The Bertz CT molecular complexity index is 589. The third-order valence-electron chi connectivity index (χ3n) is 6.22. The van der Waals surface area contributed by atoms with E-state index in [1.165, 1.54) is 31.4 Å². The van der Waals surface area contributed by atoms with Gasteiger partial charge < -0.3 is 4.74 Å². The van der Waals surface area contributed by atoms with Crippen molar-refractivity contribution in [1.29, 1.82) is 0 Å². The molecule has 1 aromatic rings. The summed E-state index contributed by atoms with van der Waals surface area (Å²) >= 11 is 0. The summed E-state index contributed by atoms with van der Waals surface area (Å²) in [6.07, 6.45) is 5.61. The van der Waals surface area contributed by atoms with Crippen LogP contribution in [-0.2, 0) is 0 Å². The molecule has 4 heteroatoms. The highest BCUT2D eigenvalue weighted by Gasteiger charge is 2.41. The number of rotatable bonds is 5. The maximum absolute atomic E-state index is 15.0. The lowest BCUT2D eigenvalue weighted by Crippen LogP contribution is -2.17. The highest BCUT2D eigenvalue weighted by Crippen LogP contribution is 2.49. The topological polar surface area (TPSA) is 9.23 Å². The molecule has 0 heterocycles. The quantitative estimate of drug-likeness (QED) is 0.593. The van der Waals surface area contributed by atoms with E-state index in [2.05, 4.69) is 6.92 Å². The van der Waals surface area contributed by atoms with Crippen LogP contribution in [0.3, 0.4) is 0 Å². The van der Waals surface area contributed by atoms with Crippen LogP contribution in [0.1, 0.15) is 70.3 Å². The third-order valence-corrected chi connectivity index (χ3v) is 6.22. The zero-order valence-corrected chi connectivity index (χ0v) is 15.2. The van der Waals surface area contributed by atoms with Crippen LogP contribution in [0.2, 0.25) is 0 Å². The van der Waals surface area contributed by atoms with Gasteiger partial charge in [-0.2, -0.15) is 4.39 Å². The summed E-state index contributed by atoms with van der Waals surface area (Å²) in [6, 6.07) is 2.95. The minimum atomic E-state index is -1.10. The standard InChI is InChI=1S/C21H29F3O/c1-3-5-13-10-14-6-7-16(18(22)12-15(14)11-13)17-8-9-19(25-4-2)21(24)20(17)23/h8-9,13-16,18H,3-7,10-12H2,1-2H3. The molecule has 0 saturated heterocycles. The maximum Gasteiger partial charge on any atom is 0.200 e. The van der Waals surface area contributed by atoms with E-state index in [1.807, 2.05) is 0 Å². The van der Waals surface area contributed by atoms with Crippen molar-refractivity contribution in [2.24, 2.45) is 17.8 Å². The highest BCUT2D eigenvalue weighted by atomic mass is 19.2. The Morgan fingerprint density at radius 3 is 2.48 bits per heavy atom. The number of hydrogen-bond acceptors (Lipinski definition) is 1. The first-order chi connectivity index (χ1) is 12.0. The van der Waals surface area contributed by atoms with E-state index in [0.29, 0.717) is 24.7 Å². The SMILES string of the molecule is CCCC1CC2CCC(c3ccc(OCC)c(F)c3F)C(F)CC2C1. The molecule has 25 heavy (non-hydrogen) atoms. The van der Waals surface area contributed by atoms with Gasteiger partial charge in [0.25, 0.3) is 0 Å². The molecule has 0 bridgehead atoms. The van der Waals surface area contributed by atoms with Crippen molar-refractivity contribution in [3.63, 3.8) is 0 Å². The van der Waals surface area contributed by atoms with Crippen LogP contribution in [0.15, 0.2) is 12.1 Å². The Balaban J connectivity index is 1.76. The van der Waals surface area contributed by atoms with Gasteiger partial charge >= 0.3 is 0 Å². The minimum absolute atomic E-state index is 0.0907. The second kappa shape index (κ2) is 8.01. The fourth-order valence-electron chi connectivity index (χ4n) is 5.10. The van der Waals surface area contributed by atoms with Crippen molar-refractivity contribution in [3.05, 3.63) is 29.3 Å². The van der Waals surface area contributed by atoms with Crippen LogP contribution < -0.4 is 4.74 Å². The summed E-state index contributed by atoms with van der Waals surface area (Å²) in [5.41, 5.74) is 0.179. The van der Waals surface area contributed by atoms with Crippen LogP contribution in [0, 0.1) is 29.4 Å². The first-order valence-electron chi connectivity index (χ1n) is 9.79. The molecular weight excluding hydrogens is 325 g/mol. The number of alkyl halides is 1. The van der Waals surface area contributed by atoms with E-state index in [0.717, 1.165) is 18.8 Å². The van der Waals surface area contributed by atoms with Crippen LogP contribution in [0.4, 0.5) is 13.2 Å². The van der Waals surface area contributed by atoms with Gasteiger partial charge in [-0.15, -0.1) is 0 Å². The van der Waals surface area contributed by atoms with Gasteiger partial charge in [0, 0.05) is 5.92 Å². The second-order valence-electron chi connectivity index (χ2n) is 7.80. The Kier molecular flexibility index (Phi) is 5.96. The van der Waals surface area contributed by atoms with E-state index >= 15 is 0 Å². The predicted molar refractivity (Wildman–Crippen MR) is 93.6 cm³/mol. The molecule has 0 spiro atoms. The van der Waals surface area contributed by atoms with Gasteiger partial charge in [-0.05, 0) is 68.4 Å². The highest BCUT2D eigenvalue weighted by molar-refractivity contribution is 5.34. The summed E-state index contributed by atoms with van der Waals surface area (Å²) < 4.78 is 48.8. The summed E-state index contributed by atoms with van der Waals surface area (Å²) in [5.74, 6) is -0.869. The van der Waals surface area contributed by atoms with Gasteiger partial charge in [0.2, 0.25) is 5.82 Å². The molecule has 1 aromatic carbocycles. The average Bonchev–Trinajstić information content (AvgIpc) is 2.88. The van der Waals surface area contributed by atoms with Gasteiger partial charge in [0.15, 0.2) is 11.6 Å². The lowest BCUT2D eigenvalue weighted by molar-refractivity contribution is 0.228. The van der Waals surface area contributed by atoms with Crippen molar-refractivity contribution >= 4 is 0 Å². The molecule has 0 radical (unpaired) electrons. The zero-order chi connectivity index (χ0) is 18.0. The molecule has 0 amide bonds. The van der Waals surface area contributed by atoms with Gasteiger partial charge in [0.05, 0.1) is 6.61 Å². The Labute approximate surface area is 149 Å². The van der Waals surface area contributed by atoms with Crippen molar-refractivity contribution in [2.45, 2.75) is 70.9 Å². The molecule has 5 unspecified atom stereocenters. The molecule has 2 fully saturated rings. The van der Waals surface area contributed by atoms with E-state index in [4.69, 9.17) is 4.74 Å². The lowest BCUT2D eigenvalue weighted by Gasteiger charge is -2.22. The van der Waals surface area contributed by atoms with Crippen molar-refractivity contribution in [3.8, 4) is 5.75 Å². The molecule has 2 aliphatic carbocycles. The first-order valence-corrected chi connectivity index (χ1v) is 9.79. The van der Waals surface area contributed by atoms with Crippen LogP contribution in [0.25, 0.3) is 0 Å². The molecule has 140 valence electrons. The van der Waals surface area contributed by atoms with Crippen LogP contribution in [0.5, 0.6) is 5.75 Å². The summed E-state index contributed by atoms with van der Waals surface area (Å²) in [7, 11) is 0. The van der Waals surface area contributed by atoms with Crippen LogP contribution >= 0.6 is 0 Å². The monoisotopic (exact) mass is 354 g/mol. The van der Waals surface area contributed by atoms with Crippen LogP contribution in [-0.4, -0.2) is 12.8 Å². The normalized spacial score (nSPS) is 32.3. The molecule has 5 atom stereocenters. The zero-order valence-electron chi connectivity index (χ0n) is 15.2. The van der Waals surface area contributed by atoms with E-state index in [1.54, 1.807) is 6.92 Å². The molecule has 0 N–H and O–H groups in total. The average molecular weight is 354 g/mol. The fourth-order valence-corrected chi connectivity index (χ4v) is 5.10. The molecule has 2 saturated carbocycles. The third kappa shape index (κ3) is 3.83. The predicted octanol–water partition coefficient (Wildman–Crippen LogP) is 6.41. The van der Waals surface area contributed by atoms with Gasteiger partial charge in [0.1, 0.15) is 6.17 Å². The number of ether oxygens (including phenoxy) is 1. The second-order valence-corrected chi connectivity index (χ2v) is 7.80. The summed E-state index contributed by atoms with van der Waals surface area (Å²) in [4.78, 5) is 0. The Morgan fingerprint density at radius 2 is 1.76 bits per heavy atom. The van der Waals surface area contributed by atoms with Gasteiger partial charge in [-0.3, -0.25) is 0 Å². The minimum Gasteiger partial charge on any atom is -0.491 e. The smallest absolute Gasteiger partial charge is 0.200 e. The number of benzene rings is 1. The van der Waals surface area contributed by atoms with Crippen molar-refractivity contribution in [2.75, 3.05) is 6.61 Å². The van der Waals surface area contributed by atoms with E-state index in [-0.39, 0.29) is 17.9 Å². The number of fused-ring (bicyclic) bond motifs is 1. The fraction of sp³-hybridized carbons (Fsp3) is 0.714. The first kappa shape index (κ1) is 18.6. The largest absolute Gasteiger partial charge is 0.491 e.